The fourth-order valence-corrected chi connectivity index (χ4v) is 2.93. The van der Waals surface area contributed by atoms with Gasteiger partial charge in [0, 0.05) is 6.61 Å². The van der Waals surface area contributed by atoms with Crippen LogP contribution in [0.25, 0.3) is 0 Å². The third-order valence-electron chi connectivity index (χ3n) is 4.41. The molecule has 0 saturated heterocycles. The second-order valence-electron chi connectivity index (χ2n) is 7.28. The van der Waals surface area contributed by atoms with E-state index in [1.165, 1.54) is 63.4 Å². The largest absolute Gasteiger partial charge is 0.396 e. The highest BCUT2D eigenvalue weighted by atomic mass is 32.2. The molecule has 0 saturated carbocycles. The summed E-state index contributed by atoms with van der Waals surface area (Å²) in [7, 11) is -3.67. The fourth-order valence-electron chi connectivity index (χ4n) is 2.93. The van der Waals surface area contributed by atoms with Crippen LogP contribution < -0.4 is 0 Å². The summed E-state index contributed by atoms with van der Waals surface area (Å²) in [5.41, 5.74) is 1.21. The number of aliphatic hydroxyl groups excluding tert-OH is 1. The number of unbranched alkanes of at least 4 members (excludes halogenated alkanes) is 8. The number of ether oxygens (including phenoxy) is 1. The lowest BCUT2D eigenvalue weighted by molar-refractivity contribution is 0.0174. The summed E-state index contributed by atoms with van der Waals surface area (Å²) in [6.07, 6.45) is 14.9. The number of rotatable bonds is 15. The summed E-state index contributed by atoms with van der Waals surface area (Å²) >= 11 is 0. The molecule has 2 N–H and O–H groups in total. The molecule has 1 rings (SSSR count). The van der Waals surface area contributed by atoms with Crippen LogP contribution in [-0.4, -0.2) is 37.0 Å². The third-order valence-corrected chi connectivity index (χ3v) is 4.41. The number of aliphatic hydroxyl groups is 1. The minimum absolute atomic E-state index is 0.199. The summed E-state index contributed by atoms with van der Waals surface area (Å²) < 4.78 is 31.8. The molecule has 164 valence electrons. The summed E-state index contributed by atoms with van der Waals surface area (Å²) in [5.74, 6) is 0. The number of hydrogen-bond donors (Lipinski definition) is 2. The van der Waals surface area contributed by atoms with Gasteiger partial charge in [0.15, 0.2) is 0 Å². The summed E-state index contributed by atoms with van der Waals surface area (Å²) in [6.45, 7) is 3.14. The molecule has 0 aliphatic carbocycles. The van der Waals surface area contributed by atoms with Crippen LogP contribution in [0, 0.1) is 0 Å². The minimum Gasteiger partial charge on any atom is -0.396 e. The molecule has 1 aromatic carbocycles. The van der Waals surface area contributed by atoms with Crippen molar-refractivity contribution in [3.05, 3.63) is 35.9 Å². The number of hydrogen-bond acceptors (Lipinski definition) is 4. The Morgan fingerprint density at radius 3 is 1.89 bits per heavy atom. The van der Waals surface area contributed by atoms with Crippen molar-refractivity contribution in [3.63, 3.8) is 0 Å². The van der Waals surface area contributed by atoms with Crippen LogP contribution in [0.1, 0.15) is 83.1 Å². The van der Waals surface area contributed by atoms with Crippen molar-refractivity contribution in [2.75, 3.05) is 12.9 Å². The van der Waals surface area contributed by atoms with Crippen molar-refractivity contribution >= 4 is 10.1 Å². The summed E-state index contributed by atoms with van der Waals surface area (Å²) in [6, 6.07) is 10.3. The van der Waals surface area contributed by atoms with E-state index < -0.39 is 10.1 Å². The van der Waals surface area contributed by atoms with E-state index in [-0.39, 0.29) is 12.7 Å². The van der Waals surface area contributed by atoms with Gasteiger partial charge in [-0.3, -0.25) is 4.55 Å². The minimum atomic E-state index is -3.67. The first kappa shape index (κ1) is 27.0. The van der Waals surface area contributed by atoms with Gasteiger partial charge < -0.3 is 9.84 Å². The highest BCUT2D eigenvalue weighted by molar-refractivity contribution is 7.85. The molecule has 0 spiro atoms. The van der Waals surface area contributed by atoms with E-state index in [1.54, 1.807) is 0 Å². The van der Waals surface area contributed by atoms with E-state index >= 15 is 0 Å². The van der Waals surface area contributed by atoms with Gasteiger partial charge >= 0.3 is 0 Å². The van der Waals surface area contributed by atoms with E-state index in [9.17, 15) is 13.5 Å². The third kappa shape index (κ3) is 21.4. The quantitative estimate of drug-likeness (QED) is 0.296. The standard InChI is InChI=1S/C21H36O2.CH4O3S/c1-2-3-4-5-6-7-8-9-13-16-21(17-18-22)23-19-20-14-11-10-12-15-20;1-5(2,3)4/h10-12,14-15,21-22H,2-9,13,16-19H2,1H3;1H3,(H,2,3,4). The predicted molar refractivity (Wildman–Crippen MR) is 116 cm³/mol. The monoisotopic (exact) mass is 416 g/mol. The van der Waals surface area contributed by atoms with Crippen molar-refractivity contribution in [2.45, 2.75) is 90.3 Å². The molecule has 0 bridgehead atoms. The Kier molecular flexibility index (Phi) is 17.5. The van der Waals surface area contributed by atoms with Gasteiger partial charge in [-0.1, -0.05) is 95.0 Å². The molecule has 0 aliphatic rings. The lowest BCUT2D eigenvalue weighted by atomic mass is 10.0. The molecule has 0 fully saturated rings. The maximum Gasteiger partial charge on any atom is 0.261 e. The molecule has 0 heterocycles. The molecule has 0 radical (unpaired) electrons. The highest BCUT2D eigenvalue weighted by Crippen LogP contribution is 2.15. The molecule has 1 unspecified atom stereocenters. The van der Waals surface area contributed by atoms with Gasteiger partial charge in [-0.15, -0.1) is 0 Å². The molecule has 1 aromatic rings. The smallest absolute Gasteiger partial charge is 0.261 e. The van der Waals surface area contributed by atoms with E-state index in [1.807, 2.05) is 18.2 Å². The maximum absolute atomic E-state index is 9.20. The summed E-state index contributed by atoms with van der Waals surface area (Å²) in [4.78, 5) is 0. The topological polar surface area (TPSA) is 83.8 Å². The van der Waals surface area contributed by atoms with Crippen molar-refractivity contribution in [1.82, 2.24) is 0 Å². The zero-order chi connectivity index (χ0) is 21.1. The molecular weight excluding hydrogens is 376 g/mol. The van der Waals surface area contributed by atoms with Gasteiger partial charge in [-0.25, -0.2) is 0 Å². The first-order chi connectivity index (χ1) is 13.4. The molecule has 0 amide bonds. The molecule has 1 atom stereocenters. The maximum atomic E-state index is 9.20. The Hall–Kier alpha value is -0.950. The van der Waals surface area contributed by atoms with Crippen LogP contribution in [0.5, 0.6) is 0 Å². The van der Waals surface area contributed by atoms with Crippen LogP contribution in [-0.2, 0) is 21.5 Å². The normalized spacial score (nSPS) is 12.3. The molecule has 0 aromatic heterocycles. The van der Waals surface area contributed by atoms with Gasteiger partial charge in [0.2, 0.25) is 0 Å². The van der Waals surface area contributed by atoms with Gasteiger partial charge in [-0.2, -0.15) is 8.42 Å². The Balaban J connectivity index is 0.00000129. The van der Waals surface area contributed by atoms with Crippen molar-refractivity contribution in [3.8, 4) is 0 Å². The van der Waals surface area contributed by atoms with Gasteiger partial charge in [0.25, 0.3) is 10.1 Å². The summed E-state index contributed by atoms with van der Waals surface area (Å²) in [5, 5.41) is 9.20. The van der Waals surface area contributed by atoms with Crippen LogP contribution in [0.2, 0.25) is 0 Å². The van der Waals surface area contributed by atoms with Crippen LogP contribution >= 0.6 is 0 Å². The Bertz CT molecular complexity index is 537. The molecule has 28 heavy (non-hydrogen) atoms. The van der Waals surface area contributed by atoms with E-state index in [0.29, 0.717) is 12.9 Å². The van der Waals surface area contributed by atoms with Crippen molar-refractivity contribution in [2.24, 2.45) is 0 Å². The van der Waals surface area contributed by atoms with Gasteiger partial charge in [-0.05, 0) is 18.4 Å². The second-order valence-corrected chi connectivity index (χ2v) is 8.75. The average molecular weight is 417 g/mol. The van der Waals surface area contributed by atoms with Crippen molar-refractivity contribution < 1.29 is 22.8 Å². The Morgan fingerprint density at radius 1 is 0.893 bits per heavy atom. The zero-order valence-electron chi connectivity index (χ0n) is 17.7. The fraction of sp³-hybridized carbons (Fsp3) is 0.727. The first-order valence-corrected chi connectivity index (χ1v) is 12.4. The predicted octanol–water partition coefficient (Wildman–Crippen LogP) is 5.38. The Morgan fingerprint density at radius 2 is 1.39 bits per heavy atom. The Labute approximate surface area is 172 Å². The van der Waals surface area contributed by atoms with Crippen LogP contribution in [0.4, 0.5) is 0 Å². The lowest BCUT2D eigenvalue weighted by Gasteiger charge is -2.17. The molecule has 6 heteroatoms. The highest BCUT2D eigenvalue weighted by Gasteiger charge is 2.08. The molecular formula is C22H40O5S. The zero-order valence-corrected chi connectivity index (χ0v) is 18.5. The van der Waals surface area contributed by atoms with Crippen molar-refractivity contribution in [1.29, 1.82) is 0 Å². The molecule has 0 aliphatic heterocycles. The SMILES string of the molecule is CCCCCCCCCCCC(CCO)OCc1ccccc1.CS(=O)(=O)O. The number of benzene rings is 1. The van der Waals surface area contributed by atoms with E-state index in [2.05, 4.69) is 19.1 Å². The lowest BCUT2D eigenvalue weighted by Crippen LogP contribution is -2.14. The first-order valence-electron chi connectivity index (χ1n) is 10.6. The molecule has 5 nitrogen and oxygen atoms in total. The van der Waals surface area contributed by atoms with E-state index in [4.69, 9.17) is 9.29 Å². The van der Waals surface area contributed by atoms with Gasteiger partial charge in [0.05, 0.1) is 19.0 Å². The van der Waals surface area contributed by atoms with Crippen LogP contribution in [0.15, 0.2) is 30.3 Å². The van der Waals surface area contributed by atoms with Crippen LogP contribution in [0.3, 0.4) is 0 Å². The average Bonchev–Trinajstić information content (AvgIpc) is 2.64. The van der Waals surface area contributed by atoms with Gasteiger partial charge in [0.1, 0.15) is 0 Å². The van der Waals surface area contributed by atoms with E-state index in [0.717, 1.165) is 12.8 Å². The second kappa shape index (κ2) is 18.1.